The van der Waals surface area contributed by atoms with Gasteiger partial charge in [0.25, 0.3) is 0 Å². The normalized spacial score (nSPS) is 35.9. The molecule has 7 atom stereocenters. The van der Waals surface area contributed by atoms with Crippen molar-refractivity contribution in [1.29, 1.82) is 0 Å². The van der Waals surface area contributed by atoms with Gasteiger partial charge in [0.2, 0.25) is 0 Å². The van der Waals surface area contributed by atoms with Crippen molar-refractivity contribution < 1.29 is 55.1 Å². The first-order valence-electron chi connectivity index (χ1n) is 9.07. The van der Waals surface area contributed by atoms with Crippen LogP contribution in [0, 0.1) is 5.92 Å². The van der Waals surface area contributed by atoms with Gasteiger partial charge < -0.3 is 50.3 Å². The molecule has 1 saturated heterocycles. The zero-order chi connectivity index (χ0) is 21.9. The maximum absolute atomic E-state index is 13.0. The average Bonchev–Trinajstić information content (AvgIpc) is 2.69. The number of hydrogen-bond acceptors (Lipinski definition) is 11. The number of phenols is 2. The Hall–Kier alpha value is -2.83. The number of aliphatic hydroxyl groups is 6. The highest BCUT2D eigenvalue weighted by molar-refractivity contribution is 6.04. The van der Waals surface area contributed by atoms with E-state index in [-0.39, 0.29) is 11.3 Å². The van der Waals surface area contributed by atoms with Crippen molar-refractivity contribution in [3.05, 3.63) is 40.9 Å². The van der Waals surface area contributed by atoms with Gasteiger partial charge in [0.15, 0.2) is 17.3 Å². The number of phenolic OH excluding ortho intramolecular Hbond substituents is 2. The Morgan fingerprint density at radius 1 is 0.933 bits per heavy atom. The number of ketones is 1. The van der Waals surface area contributed by atoms with Crippen LogP contribution < -0.4 is 4.74 Å². The highest BCUT2D eigenvalue weighted by atomic mass is 16.5. The molecule has 0 bridgehead atoms. The molecule has 0 radical (unpaired) electrons. The van der Waals surface area contributed by atoms with Gasteiger partial charge in [-0.15, -0.1) is 0 Å². The van der Waals surface area contributed by atoms with Crippen LogP contribution in [0.1, 0.15) is 10.4 Å². The number of rotatable bonds is 2. The second-order valence-corrected chi connectivity index (χ2v) is 7.36. The summed E-state index contributed by atoms with van der Waals surface area (Å²) in [6.07, 6.45) is -8.13. The molecule has 0 saturated carbocycles. The van der Waals surface area contributed by atoms with Crippen LogP contribution in [0.25, 0.3) is 0 Å². The monoisotopic (exact) mass is 424 g/mol. The number of aromatic hydroxyl groups is 2. The number of aliphatic hydroxyl groups excluding tert-OH is 6. The molecule has 0 aromatic heterocycles. The van der Waals surface area contributed by atoms with Crippen LogP contribution in [-0.4, -0.2) is 89.9 Å². The fourth-order valence-electron chi connectivity index (χ4n) is 3.96. The van der Waals surface area contributed by atoms with Crippen LogP contribution in [0.2, 0.25) is 0 Å². The van der Waals surface area contributed by atoms with Gasteiger partial charge in [0, 0.05) is 6.07 Å². The molecule has 1 aliphatic carbocycles. The van der Waals surface area contributed by atoms with E-state index in [9.17, 15) is 45.6 Å². The second-order valence-electron chi connectivity index (χ2n) is 7.36. The lowest BCUT2D eigenvalue weighted by Crippen LogP contribution is -2.59. The van der Waals surface area contributed by atoms with Crippen LogP contribution in [0.5, 0.6) is 17.2 Å². The van der Waals surface area contributed by atoms with E-state index in [0.717, 1.165) is 18.2 Å². The van der Waals surface area contributed by atoms with Crippen molar-refractivity contribution >= 4 is 5.78 Å². The van der Waals surface area contributed by atoms with Gasteiger partial charge >= 0.3 is 0 Å². The van der Waals surface area contributed by atoms with Gasteiger partial charge in [-0.2, -0.15) is 0 Å². The highest BCUT2D eigenvalue weighted by Crippen LogP contribution is 2.44. The van der Waals surface area contributed by atoms with E-state index in [4.69, 9.17) is 9.47 Å². The molecule has 30 heavy (non-hydrogen) atoms. The van der Waals surface area contributed by atoms with E-state index in [0.29, 0.717) is 0 Å². The summed E-state index contributed by atoms with van der Waals surface area (Å²) in [6.45, 7) is -0.718. The molecular formula is C19H20O11. The molecule has 0 amide bonds. The number of ether oxygens (including phenoxy) is 2. The van der Waals surface area contributed by atoms with Crippen molar-refractivity contribution in [2.45, 2.75) is 36.6 Å². The Labute approximate surface area is 169 Å². The van der Waals surface area contributed by atoms with Gasteiger partial charge in [-0.3, -0.25) is 4.79 Å². The fraction of sp³-hybridized carbons (Fsp3) is 0.421. The lowest BCUT2D eigenvalue weighted by Gasteiger charge is -2.42. The maximum Gasteiger partial charge on any atom is 0.181 e. The molecule has 11 heteroatoms. The molecule has 11 nitrogen and oxygen atoms in total. The smallest absolute Gasteiger partial charge is 0.181 e. The average molecular weight is 424 g/mol. The van der Waals surface area contributed by atoms with Crippen LogP contribution in [-0.2, 0) is 4.74 Å². The largest absolute Gasteiger partial charge is 0.511 e. The van der Waals surface area contributed by atoms with Gasteiger partial charge in [-0.1, -0.05) is 0 Å². The minimum Gasteiger partial charge on any atom is -0.511 e. The lowest BCUT2D eigenvalue weighted by molar-refractivity contribution is -0.220. The molecule has 8 N–H and O–H groups in total. The first-order valence-corrected chi connectivity index (χ1v) is 9.07. The highest BCUT2D eigenvalue weighted by Gasteiger charge is 2.50. The number of carbonyl (C=O) groups is 1. The lowest BCUT2D eigenvalue weighted by atomic mass is 9.79. The summed E-state index contributed by atoms with van der Waals surface area (Å²) in [5, 5.41) is 80.2. The molecule has 1 aromatic carbocycles. The molecular weight excluding hydrogens is 404 g/mol. The van der Waals surface area contributed by atoms with E-state index < -0.39 is 83.5 Å². The zero-order valence-electron chi connectivity index (χ0n) is 15.3. The van der Waals surface area contributed by atoms with E-state index in [1.54, 1.807) is 0 Å². The predicted molar refractivity (Wildman–Crippen MR) is 96.1 cm³/mol. The summed E-state index contributed by atoms with van der Waals surface area (Å²) < 4.78 is 10.9. The standard InChI is InChI=1S/C19H20O11/c20-4-11-15(25)17(27)18(28)19(30-11)12-8(23)3-10-13(16(12)26)14(24)5-1-6(21)7(22)2-9(5)29-10/h1-3,10-11,13,15,17-23,25-28H,4H2. The predicted octanol–water partition coefficient (Wildman–Crippen LogP) is -1.23. The number of hydrogen-bond donors (Lipinski definition) is 8. The van der Waals surface area contributed by atoms with E-state index in [1.165, 1.54) is 0 Å². The molecule has 1 fully saturated rings. The molecule has 3 aliphatic rings. The molecule has 7 unspecified atom stereocenters. The third-order valence-electron chi connectivity index (χ3n) is 5.56. The van der Waals surface area contributed by atoms with Crippen LogP contribution >= 0.6 is 0 Å². The first kappa shape index (κ1) is 20.4. The third-order valence-corrected chi connectivity index (χ3v) is 5.56. The summed E-state index contributed by atoms with van der Waals surface area (Å²) in [5.41, 5.74) is -0.530. The number of Topliss-reactive ketones (excluding diaryl/α,β-unsaturated/α-hetero) is 1. The quantitative estimate of drug-likeness (QED) is 0.265. The van der Waals surface area contributed by atoms with Crippen LogP contribution in [0.4, 0.5) is 0 Å². The SMILES string of the molecule is O=C1c2cc(O)c(O)cc2OC2C=C(O)C(C3OC(CO)C(O)C(O)C3O)=C(O)C12. The molecule has 4 rings (SSSR count). The number of carbonyl (C=O) groups excluding carboxylic acids is 1. The van der Waals surface area contributed by atoms with Crippen molar-refractivity contribution in [1.82, 2.24) is 0 Å². The van der Waals surface area contributed by atoms with E-state index in [1.807, 2.05) is 0 Å². The minimum absolute atomic E-state index is 0.0651. The Morgan fingerprint density at radius 3 is 2.27 bits per heavy atom. The molecule has 2 heterocycles. The first-order chi connectivity index (χ1) is 14.1. The molecule has 162 valence electrons. The number of fused-ring (bicyclic) bond motifs is 2. The van der Waals surface area contributed by atoms with Crippen molar-refractivity contribution in [2.75, 3.05) is 6.61 Å². The summed E-state index contributed by atoms with van der Waals surface area (Å²) in [7, 11) is 0. The summed E-state index contributed by atoms with van der Waals surface area (Å²) >= 11 is 0. The molecule has 1 aromatic rings. The number of benzene rings is 1. The third kappa shape index (κ3) is 2.90. The van der Waals surface area contributed by atoms with E-state index in [2.05, 4.69) is 0 Å². The Balaban J connectivity index is 1.77. The minimum atomic E-state index is -1.79. The van der Waals surface area contributed by atoms with Gasteiger partial charge in [0.05, 0.1) is 17.7 Å². The molecule has 0 spiro atoms. The fourth-order valence-corrected chi connectivity index (χ4v) is 3.96. The van der Waals surface area contributed by atoms with Crippen molar-refractivity contribution in [3.8, 4) is 17.2 Å². The van der Waals surface area contributed by atoms with Crippen molar-refractivity contribution in [3.63, 3.8) is 0 Å². The van der Waals surface area contributed by atoms with Gasteiger partial charge in [-0.05, 0) is 12.1 Å². The maximum atomic E-state index is 13.0. The van der Waals surface area contributed by atoms with Crippen LogP contribution in [0.15, 0.2) is 35.3 Å². The topological polar surface area (TPSA) is 197 Å². The summed E-state index contributed by atoms with van der Waals surface area (Å²) in [6, 6.07) is 2.00. The Bertz CT molecular complexity index is 950. The Kier molecular flexibility index (Phi) is 4.87. The molecule has 2 aliphatic heterocycles. The summed E-state index contributed by atoms with van der Waals surface area (Å²) in [4.78, 5) is 13.0. The van der Waals surface area contributed by atoms with Gasteiger partial charge in [-0.25, -0.2) is 0 Å². The van der Waals surface area contributed by atoms with Gasteiger partial charge in [0.1, 0.15) is 59.8 Å². The van der Waals surface area contributed by atoms with Crippen LogP contribution in [0.3, 0.4) is 0 Å². The zero-order valence-corrected chi connectivity index (χ0v) is 15.3. The second kappa shape index (κ2) is 7.15. The summed E-state index contributed by atoms with van der Waals surface area (Å²) in [5.74, 6) is -4.53. The van der Waals surface area contributed by atoms with Crippen molar-refractivity contribution in [2.24, 2.45) is 5.92 Å². The Morgan fingerprint density at radius 2 is 1.60 bits per heavy atom. The van der Waals surface area contributed by atoms with E-state index >= 15 is 0 Å².